The first kappa shape index (κ1) is 13.1. The minimum atomic E-state index is 0.530. The molecule has 1 unspecified atom stereocenters. The highest BCUT2D eigenvalue weighted by molar-refractivity contribution is 5.00. The van der Waals surface area contributed by atoms with Crippen LogP contribution in [-0.4, -0.2) is 23.1 Å². The van der Waals surface area contributed by atoms with Crippen LogP contribution < -0.4 is 11.1 Å². The Morgan fingerprint density at radius 2 is 2.19 bits per heavy atom. The molecule has 90 valence electrons. The molecule has 1 aromatic rings. The van der Waals surface area contributed by atoms with Crippen molar-refractivity contribution >= 4 is 0 Å². The van der Waals surface area contributed by atoms with Gasteiger partial charge >= 0.3 is 0 Å². The topological polar surface area (TPSA) is 63.8 Å². The predicted octanol–water partition coefficient (Wildman–Crippen LogP) is 1.11. The van der Waals surface area contributed by atoms with Gasteiger partial charge in [0.05, 0.1) is 5.69 Å². The Hall–Kier alpha value is -1.00. The van der Waals surface area contributed by atoms with Crippen molar-refractivity contribution in [2.24, 2.45) is 17.6 Å². The first-order valence-electron chi connectivity index (χ1n) is 5.82. The van der Waals surface area contributed by atoms with E-state index in [1.165, 1.54) is 0 Å². The molecule has 0 spiro atoms. The molecule has 1 heterocycles. The Labute approximate surface area is 97.7 Å². The van der Waals surface area contributed by atoms with Gasteiger partial charge in [-0.2, -0.15) is 0 Å². The number of nitrogens with zero attached hydrogens (tertiary/aromatic N) is 2. The predicted molar refractivity (Wildman–Crippen MR) is 65.9 cm³/mol. The molecular formula is C12H22N4. The maximum Gasteiger partial charge on any atom is 0.125 e. The van der Waals surface area contributed by atoms with E-state index in [1.54, 1.807) is 6.20 Å². The van der Waals surface area contributed by atoms with Crippen LogP contribution in [0.25, 0.3) is 0 Å². The SMILES string of the molecule is Cc1nccc(CNCC(CN)C(C)C)n1. The van der Waals surface area contributed by atoms with Crippen molar-refractivity contribution in [1.82, 2.24) is 15.3 Å². The molecule has 0 aromatic carbocycles. The third-order valence-electron chi connectivity index (χ3n) is 2.79. The van der Waals surface area contributed by atoms with Crippen molar-refractivity contribution in [3.05, 3.63) is 23.8 Å². The molecule has 4 heteroatoms. The molecule has 0 radical (unpaired) electrons. The monoisotopic (exact) mass is 222 g/mol. The first-order valence-corrected chi connectivity index (χ1v) is 5.82. The maximum atomic E-state index is 5.71. The normalized spacial score (nSPS) is 13.1. The average Bonchev–Trinajstić information content (AvgIpc) is 2.24. The van der Waals surface area contributed by atoms with E-state index in [-0.39, 0.29) is 0 Å². The molecule has 0 aliphatic carbocycles. The van der Waals surface area contributed by atoms with Crippen molar-refractivity contribution in [2.75, 3.05) is 13.1 Å². The van der Waals surface area contributed by atoms with Crippen molar-refractivity contribution in [1.29, 1.82) is 0 Å². The smallest absolute Gasteiger partial charge is 0.125 e. The number of nitrogens with two attached hydrogens (primary N) is 1. The average molecular weight is 222 g/mol. The fourth-order valence-electron chi connectivity index (χ4n) is 1.58. The standard InChI is InChI=1S/C12H22N4/c1-9(2)11(6-13)7-14-8-12-4-5-15-10(3)16-12/h4-5,9,11,14H,6-8,13H2,1-3H3. The van der Waals surface area contributed by atoms with Gasteiger partial charge in [-0.05, 0) is 37.9 Å². The van der Waals surface area contributed by atoms with Crippen molar-refractivity contribution in [3.8, 4) is 0 Å². The van der Waals surface area contributed by atoms with E-state index >= 15 is 0 Å². The van der Waals surface area contributed by atoms with E-state index < -0.39 is 0 Å². The minimum absolute atomic E-state index is 0.530. The van der Waals surface area contributed by atoms with E-state index in [9.17, 15) is 0 Å². The summed E-state index contributed by atoms with van der Waals surface area (Å²) in [6.07, 6.45) is 1.79. The van der Waals surface area contributed by atoms with Crippen LogP contribution >= 0.6 is 0 Å². The number of nitrogens with one attached hydrogen (secondary N) is 1. The molecule has 0 bridgehead atoms. The molecule has 1 atom stereocenters. The summed E-state index contributed by atoms with van der Waals surface area (Å²) >= 11 is 0. The second-order valence-corrected chi connectivity index (χ2v) is 4.47. The Morgan fingerprint density at radius 1 is 1.44 bits per heavy atom. The van der Waals surface area contributed by atoms with Gasteiger partial charge in [0.2, 0.25) is 0 Å². The number of aromatic nitrogens is 2. The van der Waals surface area contributed by atoms with Crippen LogP contribution in [0.15, 0.2) is 12.3 Å². The van der Waals surface area contributed by atoms with Gasteiger partial charge in [-0.1, -0.05) is 13.8 Å². The van der Waals surface area contributed by atoms with Gasteiger partial charge in [-0.3, -0.25) is 0 Å². The lowest BCUT2D eigenvalue weighted by Crippen LogP contribution is -2.31. The van der Waals surface area contributed by atoms with E-state index in [2.05, 4.69) is 29.1 Å². The summed E-state index contributed by atoms with van der Waals surface area (Å²) in [6.45, 7) is 8.76. The highest BCUT2D eigenvalue weighted by Gasteiger charge is 2.10. The molecule has 0 saturated heterocycles. The summed E-state index contributed by atoms with van der Waals surface area (Å²) in [5.41, 5.74) is 6.75. The zero-order chi connectivity index (χ0) is 12.0. The second-order valence-electron chi connectivity index (χ2n) is 4.47. The highest BCUT2D eigenvalue weighted by atomic mass is 14.9. The number of hydrogen-bond donors (Lipinski definition) is 2. The lowest BCUT2D eigenvalue weighted by Gasteiger charge is -2.19. The summed E-state index contributed by atoms with van der Waals surface area (Å²) in [7, 11) is 0. The van der Waals surface area contributed by atoms with Gasteiger partial charge in [-0.25, -0.2) is 9.97 Å². The molecule has 16 heavy (non-hydrogen) atoms. The first-order chi connectivity index (χ1) is 7.63. The summed E-state index contributed by atoms with van der Waals surface area (Å²) in [6, 6.07) is 1.94. The van der Waals surface area contributed by atoms with Gasteiger partial charge in [-0.15, -0.1) is 0 Å². The molecule has 0 amide bonds. The summed E-state index contributed by atoms with van der Waals surface area (Å²) < 4.78 is 0. The highest BCUT2D eigenvalue weighted by Crippen LogP contribution is 2.07. The third-order valence-corrected chi connectivity index (χ3v) is 2.79. The fourth-order valence-corrected chi connectivity index (χ4v) is 1.58. The van der Waals surface area contributed by atoms with E-state index in [4.69, 9.17) is 5.73 Å². The molecule has 0 saturated carbocycles. The summed E-state index contributed by atoms with van der Waals surface area (Å²) in [5.74, 6) is 1.96. The molecule has 1 rings (SSSR count). The van der Waals surface area contributed by atoms with Crippen LogP contribution in [0.4, 0.5) is 0 Å². The zero-order valence-electron chi connectivity index (χ0n) is 10.4. The van der Waals surface area contributed by atoms with Crippen LogP contribution in [-0.2, 0) is 6.54 Å². The van der Waals surface area contributed by atoms with Crippen LogP contribution in [0, 0.1) is 18.8 Å². The van der Waals surface area contributed by atoms with Crippen molar-refractivity contribution in [2.45, 2.75) is 27.3 Å². The van der Waals surface area contributed by atoms with Crippen LogP contribution in [0.2, 0.25) is 0 Å². The molecule has 4 nitrogen and oxygen atoms in total. The third kappa shape index (κ3) is 4.24. The van der Waals surface area contributed by atoms with Crippen molar-refractivity contribution < 1.29 is 0 Å². The van der Waals surface area contributed by atoms with Gasteiger partial charge in [0.1, 0.15) is 5.82 Å². The molecule has 3 N–H and O–H groups in total. The van der Waals surface area contributed by atoms with Gasteiger partial charge in [0.15, 0.2) is 0 Å². The lowest BCUT2D eigenvalue weighted by atomic mass is 9.96. The second kappa shape index (κ2) is 6.55. The molecule has 0 fully saturated rings. The van der Waals surface area contributed by atoms with E-state index in [0.29, 0.717) is 11.8 Å². The van der Waals surface area contributed by atoms with Crippen LogP contribution in [0.1, 0.15) is 25.4 Å². The van der Waals surface area contributed by atoms with Crippen LogP contribution in [0.5, 0.6) is 0 Å². The Bertz CT molecular complexity index is 312. The number of hydrogen-bond acceptors (Lipinski definition) is 4. The number of rotatable bonds is 6. The minimum Gasteiger partial charge on any atom is -0.330 e. The zero-order valence-corrected chi connectivity index (χ0v) is 10.4. The van der Waals surface area contributed by atoms with E-state index in [0.717, 1.165) is 31.2 Å². The van der Waals surface area contributed by atoms with E-state index in [1.807, 2.05) is 13.0 Å². The summed E-state index contributed by atoms with van der Waals surface area (Å²) in [5, 5.41) is 3.39. The fraction of sp³-hybridized carbons (Fsp3) is 0.667. The Kier molecular flexibility index (Phi) is 5.35. The van der Waals surface area contributed by atoms with Gasteiger partial charge in [0, 0.05) is 12.7 Å². The largest absolute Gasteiger partial charge is 0.330 e. The summed E-state index contributed by atoms with van der Waals surface area (Å²) in [4.78, 5) is 8.40. The van der Waals surface area contributed by atoms with Gasteiger partial charge in [0.25, 0.3) is 0 Å². The Morgan fingerprint density at radius 3 is 2.75 bits per heavy atom. The molecular weight excluding hydrogens is 200 g/mol. The van der Waals surface area contributed by atoms with Crippen molar-refractivity contribution in [3.63, 3.8) is 0 Å². The maximum absolute atomic E-state index is 5.71. The van der Waals surface area contributed by atoms with Gasteiger partial charge < -0.3 is 11.1 Å². The molecule has 0 aliphatic heterocycles. The molecule has 1 aromatic heterocycles. The van der Waals surface area contributed by atoms with Crippen LogP contribution in [0.3, 0.4) is 0 Å². The molecule has 0 aliphatic rings. The number of aryl methyl sites for hydroxylation is 1. The lowest BCUT2D eigenvalue weighted by molar-refractivity contribution is 0.370. The Balaban J connectivity index is 2.35. The quantitative estimate of drug-likeness (QED) is 0.756.